The van der Waals surface area contributed by atoms with Crippen LogP contribution in [0.1, 0.15) is 39.5 Å². The minimum Gasteiger partial charge on any atom is -0.422 e. The second-order valence-electron chi connectivity index (χ2n) is 5.52. The van der Waals surface area contributed by atoms with Crippen molar-refractivity contribution in [2.45, 2.75) is 45.1 Å². The van der Waals surface area contributed by atoms with Gasteiger partial charge in [-0.15, -0.1) is 0 Å². The molecular weight excluding hydrogens is 363 g/mol. The van der Waals surface area contributed by atoms with Gasteiger partial charge in [0.1, 0.15) is 16.2 Å². The molecule has 0 spiro atoms. The molecule has 0 fully saturated rings. The van der Waals surface area contributed by atoms with Gasteiger partial charge in [-0.3, -0.25) is 0 Å². The zero-order valence-corrected chi connectivity index (χ0v) is 16.2. The number of urea groups is 1. The molecule has 0 aromatic heterocycles. The number of halogens is 5. The van der Waals surface area contributed by atoms with Gasteiger partial charge >= 0.3 is 6.03 Å². The lowest BCUT2D eigenvalue weighted by molar-refractivity contribution is 0.0593. The van der Waals surface area contributed by atoms with Crippen LogP contribution in [0.3, 0.4) is 0 Å². The van der Waals surface area contributed by atoms with Crippen molar-refractivity contribution in [3.8, 4) is 0 Å². The Morgan fingerprint density at radius 1 is 1.00 bits per heavy atom. The Kier molecular flexibility index (Phi) is 7.81. The lowest BCUT2D eigenvalue weighted by atomic mass is 9.92. The van der Waals surface area contributed by atoms with Crippen molar-refractivity contribution < 1.29 is 31.2 Å². The highest BCUT2D eigenvalue weighted by Gasteiger charge is 2.27. The Hall–Kier alpha value is -1.68. The Bertz CT molecular complexity index is 589. The summed E-state index contributed by atoms with van der Waals surface area (Å²) in [7, 11) is 0.575. The van der Waals surface area contributed by atoms with Gasteiger partial charge in [-0.05, 0) is 25.7 Å². The van der Waals surface area contributed by atoms with Gasteiger partial charge in [-0.1, -0.05) is 13.8 Å². The SMILES string of the molecule is CCC(CC)(CCCNC(=O)Nc1c(F)c(F)c(F)c(F)c1F)O[SiH3]. The molecule has 0 aliphatic rings. The number of nitrogens with one attached hydrogen (secondary N) is 2. The van der Waals surface area contributed by atoms with Gasteiger partial charge < -0.3 is 15.1 Å². The van der Waals surface area contributed by atoms with Crippen molar-refractivity contribution >= 4 is 22.2 Å². The molecule has 0 aliphatic heterocycles. The maximum absolute atomic E-state index is 13.5. The van der Waals surface area contributed by atoms with E-state index in [1.807, 2.05) is 13.8 Å². The first-order valence-electron chi connectivity index (χ1n) is 7.84. The first kappa shape index (κ1) is 21.4. The summed E-state index contributed by atoms with van der Waals surface area (Å²) in [5.74, 6) is -10.7. The van der Waals surface area contributed by atoms with Gasteiger partial charge in [0.05, 0.1) is 5.60 Å². The van der Waals surface area contributed by atoms with E-state index in [0.29, 0.717) is 23.3 Å². The lowest BCUT2D eigenvalue weighted by Crippen LogP contribution is -2.34. The predicted octanol–water partition coefficient (Wildman–Crippen LogP) is 3.14. The minimum atomic E-state index is -2.28. The second-order valence-corrected chi connectivity index (χ2v) is 5.93. The molecule has 0 bridgehead atoms. The maximum atomic E-state index is 13.5. The van der Waals surface area contributed by atoms with Crippen molar-refractivity contribution in [1.29, 1.82) is 0 Å². The summed E-state index contributed by atoms with van der Waals surface area (Å²) < 4.78 is 71.6. The van der Waals surface area contributed by atoms with E-state index in [2.05, 4.69) is 5.32 Å². The third kappa shape index (κ3) is 4.91. The molecular formula is C15H21F5N2O2Si. The molecule has 1 rings (SSSR count). The maximum Gasteiger partial charge on any atom is 0.319 e. The number of benzene rings is 1. The summed E-state index contributed by atoms with van der Waals surface area (Å²) in [5, 5.41) is 3.97. The molecule has 0 saturated carbocycles. The summed E-state index contributed by atoms with van der Waals surface area (Å²) in [5.41, 5.74) is -1.64. The number of hydrogen-bond acceptors (Lipinski definition) is 2. The number of hydrogen-bond donors (Lipinski definition) is 2. The van der Waals surface area contributed by atoms with Crippen LogP contribution in [0, 0.1) is 29.1 Å². The fourth-order valence-corrected chi connectivity index (χ4v) is 3.26. The topological polar surface area (TPSA) is 50.4 Å². The highest BCUT2D eigenvalue weighted by atomic mass is 28.2. The normalized spacial score (nSPS) is 11.6. The number of rotatable bonds is 8. The highest BCUT2D eigenvalue weighted by molar-refractivity contribution is 5.98. The predicted molar refractivity (Wildman–Crippen MR) is 86.8 cm³/mol. The molecule has 0 radical (unpaired) electrons. The molecule has 0 heterocycles. The zero-order chi connectivity index (χ0) is 19.2. The van der Waals surface area contributed by atoms with E-state index >= 15 is 0 Å². The van der Waals surface area contributed by atoms with Crippen LogP contribution in [0.25, 0.3) is 0 Å². The molecule has 0 aliphatic carbocycles. The van der Waals surface area contributed by atoms with Crippen molar-refractivity contribution in [2.75, 3.05) is 11.9 Å². The van der Waals surface area contributed by atoms with Gasteiger partial charge in [0.2, 0.25) is 5.82 Å². The number of anilines is 1. The smallest absolute Gasteiger partial charge is 0.319 e. The van der Waals surface area contributed by atoms with Crippen LogP contribution >= 0.6 is 0 Å². The Morgan fingerprint density at radius 2 is 1.48 bits per heavy atom. The van der Waals surface area contributed by atoms with Crippen molar-refractivity contribution in [2.24, 2.45) is 0 Å². The largest absolute Gasteiger partial charge is 0.422 e. The number of amides is 2. The lowest BCUT2D eigenvalue weighted by Gasteiger charge is -2.31. The molecule has 10 heteroatoms. The Balaban J connectivity index is 2.65. The van der Waals surface area contributed by atoms with E-state index in [0.717, 1.165) is 12.8 Å². The van der Waals surface area contributed by atoms with E-state index in [9.17, 15) is 26.7 Å². The zero-order valence-electron chi connectivity index (χ0n) is 14.2. The quantitative estimate of drug-likeness (QED) is 0.238. The van der Waals surface area contributed by atoms with Crippen LogP contribution in [-0.4, -0.2) is 28.7 Å². The van der Waals surface area contributed by atoms with Gasteiger partial charge in [-0.25, -0.2) is 26.7 Å². The average molecular weight is 384 g/mol. The van der Waals surface area contributed by atoms with Crippen LogP contribution in [0.5, 0.6) is 0 Å². The Morgan fingerprint density at radius 3 is 1.92 bits per heavy atom. The summed E-state index contributed by atoms with van der Waals surface area (Å²) in [6, 6.07) is -1.06. The summed E-state index contributed by atoms with van der Waals surface area (Å²) in [4.78, 5) is 11.6. The molecule has 4 nitrogen and oxygen atoms in total. The van der Waals surface area contributed by atoms with Crippen molar-refractivity contribution in [3.05, 3.63) is 29.1 Å². The van der Waals surface area contributed by atoms with Crippen LogP contribution in [-0.2, 0) is 4.43 Å². The molecule has 2 amide bonds. The van der Waals surface area contributed by atoms with E-state index in [4.69, 9.17) is 4.43 Å². The molecule has 0 unspecified atom stereocenters. The highest BCUT2D eigenvalue weighted by Crippen LogP contribution is 2.27. The van der Waals surface area contributed by atoms with Gasteiger partial charge in [-0.2, -0.15) is 0 Å². The Labute approximate surface area is 145 Å². The molecule has 25 heavy (non-hydrogen) atoms. The van der Waals surface area contributed by atoms with E-state index in [-0.39, 0.29) is 12.1 Å². The average Bonchev–Trinajstić information content (AvgIpc) is 2.62. The van der Waals surface area contributed by atoms with Gasteiger partial charge in [0.25, 0.3) is 0 Å². The summed E-state index contributed by atoms with van der Waals surface area (Å²) >= 11 is 0. The van der Waals surface area contributed by atoms with Gasteiger partial charge in [0.15, 0.2) is 23.3 Å². The second kappa shape index (κ2) is 9.14. The van der Waals surface area contributed by atoms with Crippen molar-refractivity contribution in [3.63, 3.8) is 0 Å². The molecule has 0 atom stereocenters. The third-order valence-corrected chi connectivity index (χ3v) is 5.13. The first-order chi connectivity index (χ1) is 11.7. The summed E-state index contributed by atoms with van der Waals surface area (Å²) in [6.45, 7) is 4.14. The third-order valence-electron chi connectivity index (χ3n) is 4.26. The fraction of sp³-hybridized carbons (Fsp3) is 0.533. The number of carbonyl (C=O) groups excluding carboxylic acids is 1. The van der Waals surface area contributed by atoms with Gasteiger partial charge in [0, 0.05) is 6.54 Å². The fourth-order valence-electron chi connectivity index (χ4n) is 2.48. The van der Waals surface area contributed by atoms with Crippen LogP contribution in [0.15, 0.2) is 0 Å². The molecule has 142 valence electrons. The van der Waals surface area contributed by atoms with Crippen LogP contribution in [0.4, 0.5) is 32.4 Å². The monoisotopic (exact) mass is 384 g/mol. The van der Waals surface area contributed by atoms with Crippen molar-refractivity contribution in [1.82, 2.24) is 5.32 Å². The molecule has 0 saturated heterocycles. The van der Waals surface area contributed by atoms with E-state index < -0.39 is 40.8 Å². The molecule has 2 N–H and O–H groups in total. The minimum absolute atomic E-state index is 0.161. The standard InChI is InChI=1S/C15H21F5N2O2Si/c1-3-15(4-2,24-25)6-5-7-21-14(23)22-13-11(19)9(17)8(16)10(18)12(13)20/h3-7H2,1-2,25H3,(H2,21,22,23). The first-order valence-corrected chi connectivity index (χ1v) is 8.66. The molecule has 1 aromatic rings. The van der Waals surface area contributed by atoms with E-state index in [1.165, 1.54) is 0 Å². The number of carbonyl (C=O) groups is 1. The molecule has 1 aromatic carbocycles. The van der Waals surface area contributed by atoms with E-state index in [1.54, 1.807) is 5.32 Å². The van der Waals surface area contributed by atoms with Crippen LogP contribution in [0.2, 0.25) is 0 Å². The van der Waals surface area contributed by atoms with Crippen LogP contribution < -0.4 is 10.6 Å². The summed E-state index contributed by atoms with van der Waals surface area (Å²) in [6.07, 6.45) is 2.83.